The molecule has 0 heterocycles. The van der Waals surface area contributed by atoms with Crippen LogP contribution in [0.4, 0.5) is 0 Å². The lowest BCUT2D eigenvalue weighted by molar-refractivity contribution is 0.0940. The van der Waals surface area contributed by atoms with Gasteiger partial charge >= 0.3 is 0 Å². The van der Waals surface area contributed by atoms with Crippen LogP contribution in [0.3, 0.4) is 0 Å². The number of carbonyl (C=O) groups is 1. The minimum absolute atomic E-state index is 0.0437. The van der Waals surface area contributed by atoms with Gasteiger partial charge in [-0.15, -0.1) is 6.42 Å². The third-order valence-electron chi connectivity index (χ3n) is 3.49. The molecular formula is C18H17ClN2O3S. The number of amides is 1. The van der Waals surface area contributed by atoms with Gasteiger partial charge in [0.1, 0.15) is 0 Å². The first-order valence-electron chi connectivity index (χ1n) is 7.43. The minimum Gasteiger partial charge on any atom is -0.346 e. The fourth-order valence-electron chi connectivity index (χ4n) is 2.14. The van der Waals surface area contributed by atoms with Crippen molar-refractivity contribution < 1.29 is 13.2 Å². The van der Waals surface area contributed by atoms with Gasteiger partial charge in [0.05, 0.1) is 17.5 Å². The van der Waals surface area contributed by atoms with Crippen molar-refractivity contribution in [2.24, 2.45) is 0 Å². The Morgan fingerprint density at radius 2 is 1.92 bits per heavy atom. The number of carbonyl (C=O) groups excluding carboxylic acids is 1. The van der Waals surface area contributed by atoms with E-state index >= 15 is 0 Å². The molecule has 7 heteroatoms. The highest BCUT2D eigenvalue weighted by molar-refractivity contribution is 7.89. The van der Waals surface area contributed by atoms with Crippen LogP contribution in [0, 0.1) is 12.3 Å². The molecule has 1 atom stereocenters. The first-order chi connectivity index (χ1) is 11.8. The number of sulfonamides is 1. The van der Waals surface area contributed by atoms with Gasteiger partial charge in [-0.25, -0.2) is 8.42 Å². The largest absolute Gasteiger partial charge is 0.346 e. The highest BCUT2D eigenvalue weighted by Gasteiger charge is 2.15. The number of terminal acetylenes is 1. The molecule has 2 N–H and O–H groups in total. The smallest absolute Gasteiger partial charge is 0.251 e. The highest BCUT2D eigenvalue weighted by atomic mass is 35.5. The standard InChI is InChI=1S/C18H17ClN2O3S/c1-3-11-20-25(23,24)17-9-7-14(8-10-17)18(22)21-13(2)15-5-4-6-16(19)12-15/h1,4-10,12-13,20H,11H2,2H3,(H,21,22)/t13-/m0/s1. The molecule has 2 aromatic carbocycles. The molecule has 2 rings (SSSR count). The summed E-state index contributed by atoms with van der Waals surface area (Å²) in [6.45, 7) is 1.74. The van der Waals surface area contributed by atoms with E-state index in [-0.39, 0.29) is 23.4 Å². The molecule has 1 amide bonds. The summed E-state index contributed by atoms with van der Waals surface area (Å²) in [5, 5.41) is 3.43. The Bertz CT molecular complexity index is 903. The summed E-state index contributed by atoms with van der Waals surface area (Å²) in [6.07, 6.45) is 5.04. The topological polar surface area (TPSA) is 75.3 Å². The SMILES string of the molecule is C#CCNS(=O)(=O)c1ccc(C(=O)N[C@@H](C)c2cccc(Cl)c2)cc1. The van der Waals surface area contributed by atoms with Crippen molar-refractivity contribution in [2.45, 2.75) is 17.9 Å². The highest BCUT2D eigenvalue weighted by Crippen LogP contribution is 2.18. The Morgan fingerprint density at radius 1 is 1.24 bits per heavy atom. The summed E-state index contributed by atoms with van der Waals surface area (Å²) in [6, 6.07) is 12.6. The lowest BCUT2D eigenvalue weighted by Crippen LogP contribution is -2.27. The predicted octanol–water partition coefficient (Wildman–Crippen LogP) is 2.74. The molecule has 0 aliphatic rings. The van der Waals surface area contributed by atoms with Gasteiger partial charge in [-0.1, -0.05) is 29.7 Å². The molecule has 0 saturated carbocycles. The van der Waals surface area contributed by atoms with Gasteiger partial charge in [-0.05, 0) is 48.9 Å². The Kier molecular flexibility index (Phi) is 6.21. The normalized spacial score (nSPS) is 12.2. The molecular weight excluding hydrogens is 360 g/mol. The monoisotopic (exact) mass is 376 g/mol. The lowest BCUT2D eigenvalue weighted by atomic mass is 10.1. The second-order valence-corrected chi connectivity index (χ2v) is 7.51. The van der Waals surface area contributed by atoms with Crippen LogP contribution in [0.1, 0.15) is 28.9 Å². The van der Waals surface area contributed by atoms with Crippen molar-refractivity contribution in [1.82, 2.24) is 10.0 Å². The average Bonchev–Trinajstić information content (AvgIpc) is 2.60. The van der Waals surface area contributed by atoms with Crippen molar-refractivity contribution in [3.63, 3.8) is 0 Å². The maximum atomic E-state index is 12.3. The maximum absolute atomic E-state index is 12.3. The molecule has 0 aliphatic carbocycles. The summed E-state index contributed by atoms with van der Waals surface area (Å²) in [5.41, 5.74) is 1.23. The summed E-state index contributed by atoms with van der Waals surface area (Å²) in [7, 11) is -3.67. The van der Waals surface area contributed by atoms with Gasteiger partial charge in [0.2, 0.25) is 10.0 Å². The molecule has 0 unspecified atom stereocenters. The van der Waals surface area contributed by atoms with E-state index in [2.05, 4.69) is 16.0 Å². The van der Waals surface area contributed by atoms with Gasteiger partial charge < -0.3 is 5.32 Å². The molecule has 2 aromatic rings. The summed E-state index contributed by atoms with van der Waals surface area (Å²) in [5.74, 6) is 1.89. The van der Waals surface area contributed by atoms with Crippen molar-refractivity contribution in [3.8, 4) is 12.3 Å². The number of nitrogens with one attached hydrogen (secondary N) is 2. The van der Waals surface area contributed by atoms with Gasteiger partial charge in [0.15, 0.2) is 0 Å². The summed E-state index contributed by atoms with van der Waals surface area (Å²) >= 11 is 5.95. The van der Waals surface area contributed by atoms with Crippen LogP contribution in [0.5, 0.6) is 0 Å². The molecule has 0 radical (unpaired) electrons. The van der Waals surface area contributed by atoms with E-state index in [1.54, 1.807) is 12.1 Å². The number of hydrogen-bond donors (Lipinski definition) is 2. The van der Waals surface area contributed by atoms with E-state index in [9.17, 15) is 13.2 Å². The van der Waals surface area contributed by atoms with Crippen LogP contribution in [0.25, 0.3) is 0 Å². The summed E-state index contributed by atoms with van der Waals surface area (Å²) < 4.78 is 26.2. The number of halogens is 1. The Hall–Kier alpha value is -2.33. The van der Waals surface area contributed by atoms with Gasteiger partial charge in [0.25, 0.3) is 5.91 Å². The first kappa shape index (κ1) is 19.0. The number of hydrogen-bond acceptors (Lipinski definition) is 3. The molecule has 0 bridgehead atoms. The van der Waals surface area contributed by atoms with Gasteiger partial charge in [-0.3, -0.25) is 4.79 Å². The third-order valence-corrected chi connectivity index (χ3v) is 5.14. The molecule has 0 fully saturated rings. The van der Waals surface area contributed by atoms with Crippen molar-refractivity contribution >= 4 is 27.5 Å². The first-order valence-corrected chi connectivity index (χ1v) is 9.29. The van der Waals surface area contributed by atoms with Crippen molar-refractivity contribution in [2.75, 3.05) is 6.54 Å². The van der Waals surface area contributed by atoms with Crippen LogP contribution < -0.4 is 10.0 Å². The van der Waals surface area contributed by atoms with Crippen LogP contribution >= 0.6 is 11.6 Å². The zero-order valence-corrected chi connectivity index (χ0v) is 15.1. The van der Waals surface area contributed by atoms with Gasteiger partial charge in [-0.2, -0.15) is 4.72 Å². The molecule has 0 aromatic heterocycles. The van der Waals surface area contributed by atoms with Crippen LogP contribution in [-0.4, -0.2) is 20.9 Å². The maximum Gasteiger partial charge on any atom is 0.251 e. The second kappa shape index (κ2) is 8.17. The number of rotatable bonds is 6. The van der Waals surface area contributed by atoms with E-state index in [1.807, 2.05) is 19.1 Å². The fraction of sp³-hybridized carbons (Fsp3) is 0.167. The molecule has 0 spiro atoms. The van der Waals surface area contributed by atoms with Crippen LogP contribution in [0.2, 0.25) is 5.02 Å². The van der Waals surface area contributed by atoms with E-state index in [1.165, 1.54) is 24.3 Å². The number of benzene rings is 2. The Morgan fingerprint density at radius 3 is 2.52 bits per heavy atom. The van der Waals surface area contributed by atoms with Crippen molar-refractivity contribution in [1.29, 1.82) is 0 Å². The quantitative estimate of drug-likeness (QED) is 0.761. The van der Waals surface area contributed by atoms with Crippen LogP contribution in [-0.2, 0) is 10.0 Å². The van der Waals surface area contributed by atoms with Crippen LogP contribution in [0.15, 0.2) is 53.4 Å². The zero-order valence-electron chi connectivity index (χ0n) is 13.5. The predicted molar refractivity (Wildman–Crippen MR) is 97.8 cm³/mol. The third kappa shape index (κ3) is 5.07. The average molecular weight is 377 g/mol. The Labute approximate surface area is 152 Å². The Balaban J connectivity index is 2.09. The molecule has 25 heavy (non-hydrogen) atoms. The second-order valence-electron chi connectivity index (χ2n) is 5.30. The lowest BCUT2D eigenvalue weighted by Gasteiger charge is -2.15. The summed E-state index contributed by atoms with van der Waals surface area (Å²) in [4.78, 5) is 12.4. The van der Waals surface area contributed by atoms with Gasteiger partial charge in [0, 0.05) is 10.6 Å². The van der Waals surface area contributed by atoms with E-state index < -0.39 is 10.0 Å². The molecule has 0 saturated heterocycles. The van der Waals surface area contributed by atoms with E-state index in [4.69, 9.17) is 18.0 Å². The fourth-order valence-corrected chi connectivity index (χ4v) is 3.28. The molecule has 0 aliphatic heterocycles. The van der Waals surface area contributed by atoms with E-state index in [0.717, 1.165) is 5.56 Å². The molecule has 130 valence electrons. The van der Waals surface area contributed by atoms with E-state index in [0.29, 0.717) is 10.6 Å². The zero-order chi connectivity index (χ0) is 18.4. The minimum atomic E-state index is -3.67. The molecule has 5 nitrogen and oxygen atoms in total. The van der Waals surface area contributed by atoms with Crippen molar-refractivity contribution in [3.05, 3.63) is 64.7 Å².